The van der Waals surface area contributed by atoms with Gasteiger partial charge in [0.15, 0.2) is 0 Å². The van der Waals surface area contributed by atoms with E-state index < -0.39 is 0 Å². The summed E-state index contributed by atoms with van der Waals surface area (Å²) in [6, 6.07) is 4.13. The van der Waals surface area contributed by atoms with Gasteiger partial charge in [-0.1, -0.05) is 13.8 Å². The largest absolute Gasteiger partial charge is 0.475 e. The number of hydrogen-bond donors (Lipinski definition) is 1. The Hall–Kier alpha value is -1.60. The molecule has 2 N–H and O–H groups in total. The standard InChI is InChI=1S/C16H23N3O/c1-3-16(18,4-2)11-20-15-13(10-17)9-12-7-5-6-8-14(12)19-15/h9H,3-8,11,18H2,1-2H3. The average Bonchev–Trinajstić information content (AvgIpc) is 2.51. The Kier molecular flexibility index (Phi) is 4.61. The van der Waals surface area contributed by atoms with Crippen molar-refractivity contribution in [2.45, 2.75) is 57.9 Å². The number of nitriles is 1. The summed E-state index contributed by atoms with van der Waals surface area (Å²) in [4.78, 5) is 4.56. The maximum Gasteiger partial charge on any atom is 0.231 e. The average molecular weight is 273 g/mol. The van der Waals surface area contributed by atoms with E-state index >= 15 is 0 Å². The molecule has 2 rings (SSSR count). The highest BCUT2D eigenvalue weighted by atomic mass is 16.5. The molecule has 0 saturated carbocycles. The molecule has 108 valence electrons. The van der Waals surface area contributed by atoms with Gasteiger partial charge in [0.05, 0.1) is 0 Å². The number of pyridine rings is 1. The van der Waals surface area contributed by atoms with E-state index in [4.69, 9.17) is 10.5 Å². The minimum atomic E-state index is -0.343. The van der Waals surface area contributed by atoms with Crippen LogP contribution >= 0.6 is 0 Å². The smallest absolute Gasteiger partial charge is 0.231 e. The third-order valence-electron chi connectivity index (χ3n) is 4.29. The Morgan fingerprint density at radius 2 is 2.05 bits per heavy atom. The molecule has 20 heavy (non-hydrogen) atoms. The van der Waals surface area contributed by atoms with Gasteiger partial charge in [0.1, 0.15) is 18.2 Å². The minimum absolute atomic E-state index is 0.343. The fourth-order valence-corrected chi connectivity index (χ4v) is 2.47. The first kappa shape index (κ1) is 14.8. The Labute approximate surface area is 121 Å². The van der Waals surface area contributed by atoms with Gasteiger partial charge in [-0.3, -0.25) is 0 Å². The zero-order valence-electron chi connectivity index (χ0n) is 12.4. The van der Waals surface area contributed by atoms with Crippen molar-refractivity contribution in [3.05, 3.63) is 22.9 Å². The van der Waals surface area contributed by atoms with Crippen LogP contribution in [0.3, 0.4) is 0 Å². The van der Waals surface area contributed by atoms with Crippen LogP contribution in [0.15, 0.2) is 6.07 Å². The maximum absolute atomic E-state index is 9.26. The monoisotopic (exact) mass is 273 g/mol. The highest BCUT2D eigenvalue weighted by molar-refractivity contribution is 5.43. The fourth-order valence-electron chi connectivity index (χ4n) is 2.47. The number of aromatic nitrogens is 1. The molecule has 4 heteroatoms. The van der Waals surface area contributed by atoms with Crippen LogP contribution in [0.4, 0.5) is 0 Å². The number of nitrogens with zero attached hydrogens (tertiary/aromatic N) is 2. The molecule has 1 heterocycles. The SMILES string of the molecule is CCC(N)(CC)COc1nc2c(cc1C#N)CCCC2. The molecule has 0 aliphatic heterocycles. The van der Waals surface area contributed by atoms with Gasteiger partial charge in [-0.2, -0.15) is 5.26 Å². The second kappa shape index (κ2) is 6.23. The van der Waals surface area contributed by atoms with Gasteiger partial charge in [-0.15, -0.1) is 0 Å². The molecule has 4 nitrogen and oxygen atoms in total. The summed E-state index contributed by atoms with van der Waals surface area (Å²) >= 11 is 0. The van der Waals surface area contributed by atoms with Crippen LogP contribution in [0.1, 0.15) is 56.4 Å². The molecule has 0 amide bonds. The van der Waals surface area contributed by atoms with Crippen molar-refractivity contribution in [1.82, 2.24) is 4.98 Å². The van der Waals surface area contributed by atoms with Crippen LogP contribution < -0.4 is 10.5 Å². The topological polar surface area (TPSA) is 71.9 Å². The molecule has 0 fully saturated rings. The zero-order chi connectivity index (χ0) is 14.6. The van der Waals surface area contributed by atoms with Crippen molar-refractivity contribution in [3.63, 3.8) is 0 Å². The van der Waals surface area contributed by atoms with Crippen molar-refractivity contribution in [2.24, 2.45) is 5.73 Å². The normalized spacial score (nSPS) is 14.5. The van der Waals surface area contributed by atoms with Crippen molar-refractivity contribution in [2.75, 3.05) is 6.61 Å². The Morgan fingerprint density at radius 1 is 1.35 bits per heavy atom. The Balaban J connectivity index is 2.21. The molecule has 0 radical (unpaired) electrons. The number of nitrogens with two attached hydrogens (primary N) is 1. The van der Waals surface area contributed by atoms with Crippen LogP contribution in [-0.4, -0.2) is 17.1 Å². The van der Waals surface area contributed by atoms with Gasteiger partial charge in [0, 0.05) is 11.2 Å². The van der Waals surface area contributed by atoms with E-state index in [-0.39, 0.29) is 5.54 Å². The van der Waals surface area contributed by atoms with Crippen molar-refractivity contribution < 1.29 is 4.74 Å². The van der Waals surface area contributed by atoms with E-state index in [1.165, 1.54) is 12.0 Å². The molecular formula is C16H23N3O. The quantitative estimate of drug-likeness (QED) is 0.895. The molecule has 0 atom stereocenters. The lowest BCUT2D eigenvalue weighted by atomic mass is 9.94. The zero-order valence-corrected chi connectivity index (χ0v) is 12.4. The first-order valence-corrected chi connectivity index (χ1v) is 7.46. The lowest BCUT2D eigenvalue weighted by Crippen LogP contribution is -2.44. The van der Waals surface area contributed by atoms with Crippen LogP contribution in [0.5, 0.6) is 5.88 Å². The molecule has 0 aromatic carbocycles. The van der Waals surface area contributed by atoms with Gasteiger partial charge >= 0.3 is 0 Å². The molecule has 0 unspecified atom stereocenters. The summed E-state index contributed by atoms with van der Waals surface area (Å²) in [6.45, 7) is 4.51. The summed E-state index contributed by atoms with van der Waals surface area (Å²) in [7, 11) is 0. The maximum atomic E-state index is 9.26. The number of hydrogen-bond acceptors (Lipinski definition) is 4. The number of aryl methyl sites for hydroxylation is 2. The summed E-state index contributed by atoms with van der Waals surface area (Å²) < 4.78 is 5.78. The number of rotatable bonds is 5. The van der Waals surface area contributed by atoms with E-state index in [0.29, 0.717) is 18.1 Å². The summed E-state index contributed by atoms with van der Waals surface area (Å²) in [5.74, 6) is 0.449. The van der Waals surface area contributed by atoms with Crippen molar-refractivity contribution in [1.29, 1.82) is 5.26 Å². The summed E-state index contributed by atoms with van der Waals surface area (Å²) in [5, 5.41) is 9.26. The Morgan fingerprint density at radius 3 is 2.70 bits per heavy atom. The van der Waals surface area contributed by atoms with Crippen LogP contribution in [0.2, 0.25) is 0 Å². The lowest BCUT2D eigenvalue weighted by molar-refractivity contribution is 0.200. The van der Waals surface area contributed by atoms with E-state index in [1.807, 2.05) is 6.07 Å². The second-order valence-electron chi connectivity index (χ2n) is 5.62. The first-order valence-electron chi connectivity index (χ1n) is 7.46. The molecule has 0 saturated heterocycles. The second-order valence-corrected chi connectivity index (χ2v) is 5.62. The van der Waals surface area contributed by atoms with Crippen LogP contribution in [0.25, 0.3) is 0 Å². The molecule has 0 bridgehead atoms. The van der Waals surface area contributed by atoms with E-state index in [0.717, 1.165) is 37.8 Å². The van der Waals surface area contributed by atoms with Gasteiger partial charge < -0.3 is 10.5 Å². The fraction of sp³-hybridized carbons (Fsp3) is 0.625. The van der Waals surface area contributed by atoms with Gasteiger partial charge in [-0.25, -0.2) is 4.98 Å². The molecular weight excluding hydrogens is 250 g/mol. The minimum Gasteiger partial charge on any atom is -0.475 e. The van der Waals surface area contributed by atoms with Gasteiger partial charge in [-0.05, 0) is 50.2 Å². The molecule has 1 aliphatic rings. The van der Waals surface area contributed by atoms with Crippen molar-refractivity contribution >= 4 is 0 Å². The number of ether oxygens (including phenoxy) is 1. The number of fused-ring (bicyclic) bond motifs is 1. The van der Waals surface area contributed by atoms with E-state index in [9.17, 15) is 5.26 Å². The molecule has 1 aromatic heterocycles. The van der Waals surface area contributed by atoms with Gasteiger partial charge in [0.25, 0.3) is 0 Å². The highest BCUT2D eigenvalue weighted by Crippen LogP contribution is 2.26. The molecule has 1 aliphatic carbocycles. The van der Waals surface area contributed by atoms with E-state index in [2.05, 4.69) is 24.9 Å². The predicted molar refractivity (Wildman–Crippen MR) is 78.6 cm³/mol. The van der Waals surface area contributed by atoms with Crippen molar-refractivity contribution in [3.8, 4) is 11.9 Å². The molecule has 0 spiro atoms. The first-order chi connectivity index (χ1) is 9.61. The highest BCUT2D eigenvalue weighted by Gasteiger charge is 2.23. The third kappa shape index (κ3) is 3.10. The lowest BCUT2D eigenvalue weighted by Gasteiger charge is -2.26. The Bertz CT molecular complexity index is 515. The van der Waals surface area contributed by atoms with Crippen LogP contribution in [0, 0.1) is 11.3 Å². The summed E-state index contributed by atoms with van der Waals surface area (Å²) in [5.41, 5.74) is 8.71. The van der Waals surface area contributed by atoms with E-state index in [1.54, 1.807) is 0 Å². The molecule has 1 aromatic rings. The summed E-state index contributed by atoms with van der Waals surface area (Å²) in [6.07, 6.45) is 6.02. The van der Waals surface area contributed by atoms with Gasteiger partial charge in [0.2, 0.25) is 5.88 Å². The third-order valence-corrected chi connectivity index (χ3v) is 4.29. The van der Waals surface area contributed by atoms with Crippen LogP contribution in [-0.2, 0) is 12.8 Å². The predicted octanol–water partition coefficient (Wildman–Crippen LogP) is 2.73.